The monoisotopic (exact) mass is 457 g/mol. The second-order valence-electron chi connectivity index (χ2n) is 7.52. The third-order valence-electron chi connectivity index (χ3n) is 4.67. The minimum absolute atomic E-state index is 0.199. The Morgan fingerprint density at radius 3 is 2.00 bits per heavy atom. The van der Waals surface area contributed by atoms with Gasteiger partial charge >= 0.3 is 0 Å². The molecule has 0 fully saturated rings. The van der Waals surface area contributed by atoms with Crippen LogP contribution in [-0.2, 0) is 4.79 Å². The normalized spacial score (nSPS) is 11.4. The van der Waals surface area contributed by atoms with Gasteiger partial charge in [0.1, 0.15) is 0 Å². The summed E-state index contributed by atoms with van der Waals surface area (Å²) in [4.78, 5) is 10.4. The molecule has 182 valence electrons. The van der Waals surface area contributed by atoms with Gasteiger partial charge in [0.25, 0.3) is 5.91 Å². The second-order valence-corrected chi connectivity index (χ2v) is 7.52. The number of hydrogen-bond acceptors (Lipinski definition) is 1. The number of nitrogens with one attached hydrogen (secondary N) is 1. The average Bonchev–Trinajstić information content (AvgIpc) is 2.81. The second kappa shape index (κ2) is 20.1. The maximum atomic E-state index is 10.4. The molecule has 0 saturated carbocycles. The lowest BCUT2D eigenvalue weighted by Gasteiger charge is -2.05. The summed E-state index contributed by atoms with van der Waals surface area (Å²) >= 11 is 0. The molecule has 0 aromatic heterocycles. The zero-order valence-electron chi connectivity index (χ0n) is 22.5. The Morgan fingerprint density at radius 2 is 1.62 bits per heavy atom. The van der Waals surface area contributed by atoms with Crippen molar-refractivity contribution < 1.29 is 4.79 Å². The van der Waals surface area contributed by atoms with E-state index in [0.29, 0.717) is 6.54 Å². The summed E-state index contributed by atoms with van der Waals surface area (Å²) in [6, 6.07) is 10.3. The lowest BCUT2D eigenvalue weighted by Crippen LogP contribution is -2.20. The van der Waals surface area contributed by atoms with Crippen LogP contribution in [0, 0.1) is 11.8 Å². The van der Waals surface area contributed by atoms with E-state index >= 15 is 0 Å². The first kappa shape index (κ1) is 32.6. The molecule has 0 bridgehead atoms. The molecule has 0 aliphatic heterocycles. The first-order chi connectivity index (χ1) is 16.1. The highest BCUT2D eigenvalue weighted by molar-refractivity contribution is 5.93. The van der Waals surface area contributed by atoms with Crippen molar-refractivity contribution >= 4 is 11.5 Å². The van der Waals surface area contributed by atoms with Crippen molar-refractivity contribution in [3.8, 4) is 11.8 Å². The van der Waals surface area contributed by atoms with E-state index in [-0.39, 0.29) is 5.91 Å². The number of rotatable bonds is 7. The van der Waals surface area contributed by atoms with E-state index in [2.05, 4.69) is 81.1 Å². The minimum Gasteiger partial charge on any atom is -0.346 e. The van der Waals surface area contributed by atoms with Gasteiger partial charge in [-0.1, -0.05) is 91.4 Å². The first-order valence-corrected chi connectivity index (χ1v) is 11.5. The van der Waals surface area contributed by atoms with Crippen LogP contribution < -0.4 is 5.32 Å². The molecule has 0 atom stereocenters. The quantitative estimate of drug-likeness (QED) is 0.323. The molecule has 0 aliphatic rings. The van der Waals surface area contributed by atoms with Crippen LogP contribution >= 0.6 is 0 Å². The summed E-state index contributed by atoms with van der Waals surface area (Å²) in [5, 5.41) is 2.53. The fourth-order valence-corrected chi connectivity index (χ4v) is 2.52. The third kappa shape index (κ3) is 15.3. The fraction of sp³-hybridized carbons (Fsp3) is 0.281. The van der Waals surface area contributed by atoms with E-state index in [0.717, 1.165) is 16.7 Å². The van der Waals surface area contributed by atoms with Crippen molar-refractivity contribution in [2.45, 2.75) is 55.4 Å². The van der Waals surface area contributed by atoms with Crippen LogP contribution in [0.5, 0.6) is 0 Å². The molecule has 1 amide bonds. The maximum Gasteiger partial charge on any atom is 0.295 e. The topological polar surface area (TPSA) is 29.1 Å². The molecule has 0 aliphatic carbocycles. The molecule has 1 aromatic carbocycles. The van der Waals surface area contributed by atoms with E-state index in [4.69, 9.17) is 0 Å². The van der Waals surface area contributed by atoms with Gasteiger partial charge in [0.15, 0.2) is 0 Å². The summed E-state index contributed by atoms with van der Waals surface area (Å²) in [7, 11) is 0. The number of benzene rings is 1. The smallest absolute Gasteiger partial charge is 0.295 e. The van der Waals surface area contributed by atoms with E-state index < -0.39 is 0 Å². The molecule has 0 saturated heterocycles. The summed E-state index contributed by atoms with van der Waals surface area (Å²) in [6.45, 7) is 28.0. The van der Waals surface area contributed by atoms with Gasteiger partial charge in [-0.15, -0.1) is 0 Å². The zero-order chi connectivity index (χ0) is 26.5. The molecule has 0 radical (unpaired) electrons. The third-order valence-corrected chi connectivity index (χ3v) is 4.67. The van der Waals surface area contributed by atoms with Crippen LogP contribution in [0.1, 0.15) is 61.0 Å². The molecular formula is C32H43NO. The number of carbonyl (C=O) groups is 1. The predicted molar refractivity (Wildman–Crippen MR) is 153 cm³/mol. The van der Waals surface area contributed by atoms with Crippen LogP contribution in [0.4, 0.5) is 0 Å². The Morgan fingerprint density at radius 1 is 1.03 bits per heavy atom. The zero-order valence-corrected chi connectivity index (χ0v) is 22.5. The molecule has 1 N–H and O–H groups in total. The van der Waals surface area contributed by atoms with Gasteiger partial charge < -0.3 is 5.32 Å². The van der Waals surface area contributed by atoms with Crippen molar-refractivity contribution in [1.29, 1.82) is 0 Å². The molecule has 0 unspecified atom stereocenters. The molecule has 2 heteroatoms. The number of hydrogen-bond donors (Lipinski definition) is 1. The Kier molecular flexibility index (Phi) is 19.2. The van der Waals surface area contributed by atoms with E-state index in [1.807, 2.05) is 65.0 Å². The highest BCUT2D eigenvalue weighted by Crippen LogP contribution is 2.20. The van der Waals surface area contributed by atoms with Gasteiger partial charge in [0.05, 0.1) is 0 Å². The SMILES string of the molecule is C=C(C)/C(C)=C(C)\C=C/C.C=C/C(=C\C(=C/C)c1ccccc1)C(=C)C.CC#CC(=O)NCC. The van der Waals surface area contributed by atoms with Crippen molar-refractivity contribution in [1.82, 2.24) is 5.32 Å². The number of amides is 1. The summed E-state index contributed by atoms with van der Waals surface area (Å²) in [5.41, 5.74) is 8.26. The van der Waals surface area contributed by atoms with Gasteiger partial charge in [-0.25, -0.2) is 0 Å². The highest BCUT2D eigenvalue weighted by atomic mass is 16.1. The van der Waals surface area contributed by atoms with Crippen molar-refractivity contribution in [3.05, 3.63) is 114 Å². The minimum atomic E-state index is -0.199. The van der Waals surface area contributed by atoms with Crippen LogP contribution in [-0.4, -0.2) is 12.5 Å². The van der Waals surface area contributed by atoms with Crippen molar-refractivity contribution in [3.63, 3.8) is 0 Å². The molecule has 0 heterocycles. The molecule has 1 aromatic rings. The predicted octanol–water partition coefficient (Wildman–Crippen LogP) is 8.40. The van der Waals surface area contributed by atoms with Gasteiger partial charge in [0.2, 0.25) is 0 Å². The van der Waals surface area contributed by atoms with E-state index in [9.17, 15) is 4.79 Å². The lowest BCUT2D eigenvalue weighted by atomic mass is 10.0. The van der Waals surface area contributed by atoms with Gasteiger partial charge in [-0.3, -0.25) is 4.79 Å². The Balaban J connectivity index is 0. The Labute approximate surface area is 209 Å². The summed E-state index contributed by atoms with van der Waals surface area (Å²) in [6.07, 6.45) is 10.2. The fourth-order valence-electron chi connectivity index (χ4n) is 2.52. The molecule has 2 nitrogen and oxygen atoms in total. The van der Waals surface area contributed by atoms with Crippen LogP contribution in [0.3, 0.4) is 0 Å². The Bertz CT molecular complexity index is 986. The summed E-state index contributed by atoms with van der Waals surface area (Å²) in [5.74, 6) is 4.64. The Hall–Kier alpha value is -3.57. The van der Waals surface area contributed by atoms with E-state index in [1.165, 1.54) is 22.3 Å². The van der Waals surface area contributed by atoms with Gasteiger partial charge in [-0.05, 0) is 95.2 Å². The summed E-state index contributed by atoms with van der Waals surface area (Å²) < 4.78 is 0. The van der Waals surface area contributed by atoms with Crippen molar-refractivity contribution in [2.24, 2.45) is 0 Å². The van der Waals surface area contributed by atoms with Crippen LogP contribution in [0.2, 0.25) is 0 Å². The average molecular weight is 458 g/mol. The largest absolute Gasteiger partial charge is 0.346 e. The molecule has 1 rings (SSSR count). The van der Waals surface area contributed by atoms with Crippen LogP contribution in [0.15, 0.2) is 108 Å². The first-order valence-electron chi connectivity index (χ1n) is 11.5. The highest BCUT2D eigenvalue weighted by Gasteiger charge is 1.98. The standard InChI is InChI=1S/C16H18.C10H16.C6H9NO/c1-5-14(13(3)4)12-15(6-2)16-10-8-7-9-11-16;1-6-7-9(4)10(5)8(2)3;1-3-5-6(8)7-4-2/h5-12H,1,3H2,2,4H3;6-7H,2H2,1,3-5H3;4H2,1-2H3,(H,7,8)/b14-12+,15-6+;7-6-,10-9-;. The van der Waals surface area contributed by atoms with Gasteiger partial charge in [0, 0.05) is 6.54 Å². The number of carbonyl (C=O) groups excluding carboxylic acids is 1. The van der Waals surface area contributed by atoms with E-state index in [1.54, 1.807) is 6.92 Å². The number of allylic oxidation sites excluding steroid dienone is 11. The maximum absolute atomic E-state index is 10.4. The lowest BCUT2D eigenvalue weighted by molar-refractivity contribution is -0.115. The molecule has 0 spiro atoms. The van der Waals surface area contributed by atoms with Crippen molar-refractivity contribution in [2.75, 3.05) is 6.54 Å². The molecule has 34 heavy (non-hydrogen) atoms. The van der Waals surface area contributed by atoms with Gasteiger partial charge in [-0.2, -0.15) is 0 Å². The van der Waals surface area contributed by atoms with Crippen LogP contribution in [0.25, 0.3) is 5.57 Å². The molecular weight excluding hydrogens is 414 g/mol.